The van der Waals surface area contributed by atoms with Crippen LogP contribution in [0.5, 0.6) is 5.75 Å². The maximum atomic E-state index is 12.4. The lowest BCUT2D eigenvalue weighted by Crippen LogP contribution is -2.37. The van der Waals surface area contributed by atoms with E-state index in [1.807, 2.05) is 42.5 Å². The minimum Gasteiger partial charge on any atom is -0.497 e. The van der Waals surface area contributed by atoms with Crippen LogP contribution in [-0.4, -0.2) is 37.6 Å². The van der Waals surface area contributed by atoms with Crippen LogP contribution < -0.4 is 10.1 Å². The summed E-state index contributed by atoms with van der Waals surface area (Å²) in [6, 6.07) is 15.9. The van der Waals surface area contributed by atoms with E-state index in [4.69, 9.17) is 16.3 Å². The van der Waals surface area contributed by atoms with Gasteiger partial charge in [-0.05, 0) is 61.7 Å². The summed E-state index contributed by atoms with van der Waals surface area (Å²) in [5.41, 5.74) is 2.20. The number of methoxy groups -OCH3 is 1. The third-order valence-corrected chi connectivity index (χ3v) is 5.46. The maximum Gasteiger partial charge on any atom is 0.220 e. The second-order valence-corrected chi connectivity index (χ2v) is 7.34. The highest BCUT2D eigenvalue weighted by atomic mass is 35.5. The van der Waals surface area contributed by atoms with Gasteiger partial charge in [-0.25, -0.2) is 0 Å². The van der Waals surface area contributed by atoms with Gasteiger partial charge >= 0.3 is 0 Å². The number of aryl methyl sites for hydroxylation is 1. The molecule has 1 heterocycles. The van der Waals surface area contributed by atoms with Gasteiger partial charge in [-0.3, -0.25) is 9.69 Å². The summed E-state index contributed by atoms with van der Waals surface area (Å²) in [5, 5.41) is 3.88. The van der Waals surface area contributed by atoms with Crippen molar-refractivity contribution in [1.82, 2.24) is 10.2 Å². The molecular weight excluding hydrogens is 360 g/mol. The molecular formula is C22H27ClN2O2. The third kappa shape index (κ3) is 5.47. The molecule has 0 bridgehead atoms. The Balaban J connectivity index is 1.58. The molecule has 2 aromatic carbocycles. The number of carbonyl (C=O) groups is 1. The average Bonchev–Trinajstić information content (AvgIpc) is 3.22. The summed E-state index contributed by atoms with van der Waals surface area (Å²) in [5.74, 6) is 0.884. The second-order valence-electron chi connectivity index (χ2n) is 6.94. The third-order valence-electron chi connectivity index (χ3n) is 5.11. The first-order valence-corrected chi connectivity index (χ1v) is 9.93. The van der Waals surface area contributed by atoms with Gasteiger partial charge < -0.3 is 10.1 Å². The number of carbonyl (C=O) groups excluding carboxylic acids is 1. The van der Waals surface area contributed by atoms with Crippen molar-refractivity contribution >= 4 is 17.5 Å². The minimum absolute atomic E-state index is 0.0640. The number of hydrogen-bond donors (Lipinski definition) is 1. The molecule has 1 aliphatic heterocycles. The molecule has 144 valence electrons. The first-order valence-electron chi connectivity index (χ1n) is 9.55. The highest BCUT2D eigenvalue weighted by molar-refractivity contribution is 6.31. The first kappa shape index (κ1) is 19.7. The van der Waals surface area contributed by atoms with Crippen LogP contribution in [0.15, 0.2) is 48.5 Å². The highest BCUT2D eigenvalue weighted by Gasteiger charge is 2.25. The molecule has 1 amide bonds. The van der Waals surface area contributed by atoms with Crippen LogP contribution in [0.3, 0.4) is 0 Å². The standard InChI is InChI=1S/C22H27ClN2O2/c1-27-18-8-6-7-17(15-18)11-12-22(26)24-16-21(25-13-4-5-14-25)19-9-2-3-10-20(19)23/h2-3,6-10,15,21H,4-5,11-14,16H2,1H3,(H,24,26). The number of hydrogen-bond acceptors (Lipinski definition) is 3. The molecule has 5 heteroatoms. The summed E-state index contributed by atoms with van der Waals surface area (Å²) in [6.45, 7) is 2.69. The number of amides is 1. The predicted octanol–water partition coefficient (Wildman–Crippen LogP) is 4.23. The zero-order chi connectivity index (χ0) is 19.1. The smallest absolute Gasteiger partial charge is 0.220 e. The van der Waals surface area contributed by atoms with E-state index in [0.717, 1.165) is 35.0 Å². The van der Waals surface area contributed by atoms with Crippen molar-refractivity contribution < 1.29 is 9.53 Å². The molecule has 1 N–H and O–H groups in total. The van der Waals surface area contributed by atoms with Gasteiger partial charge in [0, 0.05) is 18.0 Å². The Hall–Kier alpha value is -2.04. The second kappa shape index (κ2) is 9.77. The van der Waals surface area contributed by atoms with E-state index in [9.17, 15) is 4.79 Å². The summed E-state index contributed by atoms with van der Waals surface area (Å²) < 4.78 is 5.24. The van der Waals surface area contributed by atoms with Crippen LogP contribution in [0.25, 0.3) is 0 Å². The molecule has 0 aliphatic carbocycles. The monoisotopic (exact) mass is 386 g/mol. The SMILES string of the molecule is COc1cccc(CCC(=O)NCC(c2ccccc2Cl)N2CCCC2)c1. The zero-order valence-corrected chi connectivity index (χ0v) is 16.5. The lowest BCUT2D eigenvalue weighted by Gasteiger charge is -2.29. The van der Waals surface area contributed by atoms with Crippen LogP contribution in [-0.2, 0) is 11.2 Å². The molecule has 3 rings (SSSR count). The van der Waals surface area contributed by atoms with Crippen LogP contribution in [0.4, 0.5) is 0 Å². The number of nitrogens with zero attached hydrogens (tertiary/aromatic N) is 1. The highest BCUT2D eigenvalue weighted by Crippen LogP contribution is 2.29. The Morgan fingerprint density at radius 1 is 1.19 bits per heavy atom. The number of likely N-dealkylation sites (tertiary alicyclic amines) is 1. The number of halogens is 1. The molecule has 1 atom stereocenters. The first-order chi connectivity index (χ1) is 13.2. The molecule has 1 aliphatic rings. The van der Waals surface area contributed by atoms with Crippen molar-refractivity contribution in [2.75, 3.05) is 26.7 Å². The largest absolute Gasteiger partial charge is 0.497 e. The molecule has 0 aromatic heterocycles. The van der Waals surface area contributed by atoms with Crippen LogP contribution >= 0.6 is 11.6 Å². The van der Waals surface area contributed by atoms with Gasteiger partial charge in [0.2, 0.25) is 5.91 Å². The molecule has 0 saturated carbocycles. The van der Waals surface area contributed by atoms with Gasteiger partial charge in [0.1, 0.15) is 5.75 Å². The Morgan fingerprint density at radius 3 is 2.70 bits per heavy atom. The Morgan fingerprint density at radius 2 is 1.96 bits per heavy atom. The number of nitrogens with one attached hydrogen (secondary N) is 1. The van der Waals surface area contributed by atoms with Gasteiger partial charge in [0.05, 0.1) is 13.2 Å². The molecule has 27 heavy (non-hydrogen) atoms. The Bertz CT molecular complexity index is 759. The molecule has 1 saturated heterocycles. The fraction of sp³-hybridized carbons (Fsp3) is 0.409. The van der Waals surface area contributed by atoms with Crippen molar-refractivity contribution in [1.29, 1.82) is 0 Å². The fourth-order valence-corrected chi connectivity index (χ4v) is 3.88. The molecule has 1 fully saturated rings. The van der Waals surface area contributed by atoms with Crippen molar-refractivity contribution in [3.05, 3.63) is 64.7 Å². The maximum absolute atomic E-state index is 12.4. The molecule has 0 spiro atoms. The van der Waals surface area contributed by atoms with E-state index >= 15 is 0 Å². The van der Waals surface area contributed by atoms with E-state index < -0.39 is 0 Å². The van der Waals surface area contributed by atoms with Gasteiger partial charge in [-0.2, -0.15) is 0 Å². The van der Waals surface area contributed by atoms with Crippen LogP contribution in [0.1, 0.15) is 36.4 Å². The van der Waals surface area contributed by atoms with Gasteiger partial charge in [0.25, 0.3) is 0 Å². The van der Waals surface area contributed by atoms with Crippen LogP contribution in [0, 0.1) is 0 Å². The van der Waals surface area contributed by atoms with E-state index in [-0.39, 0.29) is 11.9 Å². The normalized spacial score (nSPS) is 15.5. The van der Waals surface area contributed by atoms with E-state index in [2.05, 4.69) is 16.3 Å². The lowest BCUT2D eigenvalue weighted by molar-refractivity contribution is -0.121. The topological polar surface area (TPSA) is 41.6 Å². The number of ether oxygens (including phenoxy) is 1. The number of rotatable bonds is 8. The summed E-state index contributed by atoms with van der Waals surface area (Å²) in [4.78, 5) is 14.8. The molecule has 1 unspecified atom stereocenters. The average molecular weight is 387 g/mol. The van der Waals surface area contributed by atoms with Crippen molar-refractivity contribution in [3.8, 4) is 5.75 Å². The molecule has 2 aromatic rings. The predicted molar refractivity (Wildman–Crippen MR) is 109 cm³/mol. The van der Waals surface area contributed by atoms with Gasteiger partial charge in [0.15, 0.2) is 0 Å². The van der Waals surface area contributed by atoms with E-state index in [1.165, 1.54) is 12.8 Å². The summed E-state index contributed by atoms with van der Waals surface area (Å²) in [6.07, 6.45) is 3.56. The van der Waals surface area contributed by atoms with Crippen molar-refractivity contribution in [3.63, 3.8) is 0 Å². The molecule has 0 radical (unpaired) electrons. The fourth-order valence-electron chi connectivity index (χ4n) is 3.62. The number of benzene rings is 2. The zero-order valence-electron chi connectivity index (χ0n) is 15.8. The molecule has 4 nitrogen and oxygen atoms in total. The van der Waals surface area contributed by atoms with Crippen molar-refractivity contribution in [2.45, 2.75) is 31.7 Å². The van der Waals surface area contributed by atoms with Gasteiger partial charge in [-0.15, -0.1) is 0 Å². The van der Waals surface area contributed by atoms with Crippen LogP contribution in [0.2, 0.25) is 5.02 Å². The minimum atomic E-state index is 0.0640. The quantitative estimate of drug-likeness (QED) is 0.738. The Labute approximate surface area is 166 Å². The van der Waals surface area contributed by atoms with E-state index in [0.29, 0.717) is 19.4 Å². The summed E-state index contributed by atoms with van der Waals surface area (Å²) in [7, 11) is 1.65. The van der Waals surface area contributed by atoms with Crippen molar-refractivity contribution in [2.24, 2.45) is 0 Å². The van der Waals surface area contributed by atoms with E-state index in [1.54, 1.807) is 7.11 Å². The Kier molecular flexibility index (Phi) is 7.13. The lowest BCUT2D eigenvalue weighted by atomic mass is 10.0. The van der Waals surface area contributed by atoms with Gasteiger partial charge in [-0.1, -0.05) is 41.9 Å². The summed E-state index contributed by atoms with van der Waals surface area (Å²) >= 11 is 6.43.